The summed E-state index contributed by atoms with van der Waals surface area (Å²) in [6.07, 6.45) is 1.49. The normalized spacial score (nSPS) is 11.9. The van der Waals surface area contributed by atoms with Crippen LogP contribution in [0.5, 0.6) is 0 Å². The van der Waals surface area contributed by atoms with E-state index in [-0.39, 0.29) is 11.6 Å². The molecule has 0 saturated carbocycles. The first kappa shape index (κ1) is 30.6. The van der Waals surface area contributed by atoms with Gasteiger partial charge in [-0.1, -0.05) is 51.4 Å². The Morgan fingerprint density at radius 2 is 1.64 bits per heavy atom. The van der Waals surface area contributed by atoms with E-state index in [1.54, 1.807) is 86.6 Å². The third-order valence-electron chi connectivity index (χ3n) is 6.24. The molecule has 0 spiro atoms. The van der Waals surface area contributed by atoms with Crippen molar-refractivity contribution in [2.75, 3.05) is 10.6 Å². The van der Waals surface area contributed by atoms with Crippen molar-refractivity contribution in [2.45, 2.75) is 24.0 Å². The highest BCUT2D eigenvalue weighted by atomic mass is 79.9. The molecule has 3 N–H and O–H groups in total. The first-order valence-corrected chi connectivity index (χ1v) is 15.2. The van der Waals surface area contributed by atoms with E-state index in [1.165, 1.54) is 17.8 Å². The standard InChI is InChI=1S/C33H27BrN4O5S/c1-20-18-30(38-43-20)37-31(39)21(2)44-27-15-12-25(13-16-27)35-33(41)28(36-32(40)23-6-4-3-5-7-23)19-26-14-17-29(42-26)22-8-10-24(34)11-9-22/h3-19,21H,1-2H3,(H,35,41)(H,36,40)(H,37,38,39). The van der Waals surface area contributed by atoms with Crippen molar-refractivity contribution in [3.8, 4) is 11.3 Å². The molecule has 3 amide bonds. The number of carbonyl (C=O) groups is 3. The van der Waals surface area contributed by atoms with Gasteiger partial charge in [-0.3, -0.25) is 14.4 Å². The van der Waals surface area contributed by atoms with Crippen LogP contribution in [0.3, 0.4) is 0 Å². The molecule has 9 nitrogen and oxygen atoms in total. The fourth-order valence-electron chi connectivity index (χ4n) is 4.01. The Morgan fingerprint density at radius 1 is 0.909 bits per heavy atom. The molecule has 0 saturated heterocycles. The molecule has 0 fully saturated rings. The lowest BCUT2D eigenvalue weighted by atomic mass is 10.2. The van der Waals surface area contributed by atoms with Crippen molar-refractivity contribution in [1.82, 2.24) is 10.5 Å². The van der Waals surface area contributed by atoms with Crippen LogP contribution in [0.1, 0.15) is 28.8 Å². The average Bonchev–Trinajstić information content (AvgIpc) is 3.67. The number of anilines is 2. The van der Waals surface area contributed by atoms with Gasteiger partial charge in [0.25, 0.3) is 11.8 Å². The molecule has 0 radical (unpaired) electrons. The molecular formula is C33H27BrN4O5S. The fourth-order valence-corrected chi connectivity index (χ4v) is 5.14. The van der Waals surface area contributed by atoms with E-state index in [4.69, 9.17) is 8.94 Å². The van der Waals surface area contributed by atoms with Gasteiger partial charge in [-0.25, -0.2) is 0 Å². The summed E-state index contributed by atoms with van der Waals surface area (Å²) in [5.41, 5.74) is 1.77. The zero-order valence-corrected chi connectivity index (χ0v) is 26.1. The van der Waals surface area contributed by atoms with Crippen molar-refractivity contribution in [3.05, 3.63) is 124 Å². The number of benzene rings is 3. The summed E-state index contributed by atoms with van der Waals surface area (Å²) in [7, 11) is 0. The van der Waals surface area contributed by atoms with Gasteiger partial charge in [0.05, 0.1) is 5.25 Å². The minimum Gasteiger partial charge on any atom is -0.457 e. The Hall–Kier alpha value is -4.87. The molecule has 5 aromatic rings. The quantitative estimate of drug-likeness (QED) is 0.104. The van der Waals surface area contributed by atoms with E-state index >= 15 is 0 Å². The Morgan fingerprint density at radius 3 is 2.32 bits per heavy atom. The molecule has 2 aromatic heterocycles. The minimum absolute atomic E-state index is 0.00222. The predicted octanol–water partition coefficient (Wildman–Crippen LogP) is 7.53. The number of aromatic nitrogens is 1. The largest absolute Gasteiger partial charge is 0.457 e. The summed E-state index contributed by atoms with van der Waals surface area (Å²) in [6, 6.07) is 28.5. The number of thioether (sulfide) groups is 1. The van der Waals surface area contributed by atoms with Gasteiger partial charge in [-0.05, 0) is 74.5 Å². The summed E-state index contributed by atoms with van der Waals surface area (Å²) in [5, 5.41) is 11.6. The van der Waals surface area contributed by atoms with Crippen LogP contribution in [-0.4, -0.2) is 28.1 Å². The van der Waals surface area contributed by atoms with Crippen molar-refractivity contribution >= 4 is 63.0 Å². The number of nitrogens with zero attached hydrogens (tertiary/aromatic N) is 1. The number of nitrogens with one attached hydrogen (secondary N) is 3. The van der Waals surface area contributed by atoms with Gasteiger partial charge in [0.15, 0.2) is 5.82 Å². The summed E-state index contributed by atoms with van der Waals surface area (Å²) < 4.78 is 11.9. The first-order valence-electron chi connectivity index (χ1n) is 13.5. The molecule has 0 aliphatic rings. The molecule has 3 aromatic carbocycles. The Kier molecular flexibility index (Phi) is 9.78. The molecule has 0 bridgehead atoms. The van der Waals surface area contributed by atoms with Gasteiger partial charge >= 0.3 is 0 Å². The lowest BCUT2D eigenvalue weighted by Gasteiger charge is -2.12. The van der Waals surface area contributed by atoms with Crippen LogP contribution in [0.15, 0.2) is 121 Å². The zero-order valence-electron chi connectivity index (χ0n) is 23.7. The van der Waals surface area contributed by atoms with Gasteiger partial charge in [-0.2, -0.15) is 0 Å². The molecule has 1 atom stereocenters. The van der Waals surface area contributed by atoms with Gasteiger partial charge in [0.2, 0.25) is 5.91 Å². The topological polar surface area (TPSA) is 126 Å². The Balaban J connectivity index is 1.29. The SMILES string of the molecule is Cc1cc(NC(=O)C(C)Sc2ccc(NC(=O)C(=Cc3ccc(-c4ccc(Br)cc4)o3)NC(=O)c3ccccc3)cc2)no1. The molecule has 11 heteroatoms. The van der Waals surface area contributed by atoms with Crippen molar-refractivity contribution in [2.24, 2.45) is 0 Å². The third-order valence-corrected chi connectivity index (χ3v) is 7.89. The van der Waals surface area contributed by atoms with Crippen LogP contribution in [0.25, 0.3) is 17.4 Å². The number of amides is 3. The number of aryl methyl sites for hydroxylation is 1. The Labute approximate surface area is 266 Å². The van der Waals surface area contributed by atoms with E-state index in [2.05, 4.69) is 37.0 Å². The molecule has 1 unspecified atom stereocenters. The maximum atomic E-state index is 13.4. The number of rotatable bonds is 10. The molecule has 0 aliphatic heterocycles. The number of hydrogen-bond acceptors (Lipinski definition) is 7. The lowest BCUT2D eigenvalue weighted by Crippen LogP contribution is -2.30. The highest BCUT2D eigenvalue weighted by Gasteiger charge is 2.18. The van der Waals surface area contributed by atoms with Crippen LogP contribution in [-0.2, 0) is 9.59 Å². The van der Waals surface area contributed by atoms with Crippen LogP contribution < -0.4 is 16.0 Å². The van der Waals surface area contributed by atoms with Crippen LogP contribution in [0.4, 0.5) is 11.5 Å². The van der Waals surface area contributed by atoms with Gasteiger partial charge in [0.1, 0.15) is 23.0 Å². The second-order valence-electron chi connectivity index (χ2n) is 9.64. The maximum Gasteiger partial charge on any atom is 0.272 e. The molecule has 222 valence electrons. The van der Waals surface area contributed by atoms with Crippen LogP contribution >= 0.6 is 27.7 Å². The summed E-state index contributed by atoms with van der Waals surface area (Å²) in [5.74, 6) is 0.779. The van der Waals surface area contributed by atoms with E-state index in [0.29, 0.717) is 34.3 Å². The van der Waals surface area contributed by atoms with Crippen LogP contribution in [0.2, 0.25) is 0 Å². The first-order chi connectivity index (χ1) is 21.2. The van der Waals surface area contributed by atoms with Crippen LogP contribution in [0, 0.1) is 6.92 Å². The number of furan rings is 1. The van der Waals surface area contributed by atoms with E-state index in [9.17, 15) is 14.4 Å². The zero-order chi connectivity index (χ0) is 31.1. The average molecular weight is 672 g/mol. The molecule has 0 aliphatic carbocycles. The second kappa shape index (κ2) is 14.1. The predicted molar refractivity (Wildman–Crippen MR) is 174 cm³/mol. The summed E-state index contributed by atoms with van der Waals surface area (Å²) in [4.78, 5) is 39.7. The van der Waals surface area contributed by atoms with E-state index in [0.717, 1.165) is 14.9 Å². The highest BCUT2D eigenvalue weighted by Crippen LogP contribution is 2.27. The van der Waals surface area contributed by atoms with E-state index in [1.807, 2.05) is 24.3 Å². The molecule has 44 heavy (non-hydrogen) atoms. The van der Waals surface area contributed by atoms with Crippen molar-refractivity contribution < 1.29 is 23.3 Å². The maximum absolute atomic E-state index is 13.4. The van der Waals surface area contributed by atoms with E-state index < -0.39 is 17.1 Å². The molecular weight excluding hydrogens is 644 g/mol. The van der Waals surface area contributed by atoms with Gasteiger partial charge < -0.3 is 24.9 Å². The molecule has 5 rings (SSSR count). The van der Waals surface area contributed by atoms with Gasteiger partial charge in [0, 0.05) is 38.3 Å². The third kappa shape index (κ3) is 8.15. The summed E-state index contributed by atoms with van der Waals surface area (Å²) in [6.45, 7) is 3.53. The second-order valence-corrected chi connectivity index (χ2v) is 12.0. The number of halogens is 1. The fraction of sp³-hybridized carbons (Fsp3) is 0.0909. The number of carbonyl (C=O) groups excluding carboxylic acids is 3. The number of hydrogen-bond donors (Lipinski definition) is 3. The van der Waals surface area contributed by atoms with Crippen molar-refractivity contribution in [3.63, 3.8) is 0 Å². The lowest BCUT2D eigenvalue weighted by molar-refractivity contribution is -0.115. The monoisotopic (exact) mass is 670 g/mol. The smallest absolute Gasteiger partial charge is 0.272 e. The van der Waals surface area contributed by atoms with Gasteiger partial charge in [-0.15, -0.1) is 11.8 Å². The highest BCUT2D eigenvalue weighted by molar-refractivity contribution is 9.10. The summed E-state index contributed by atoms with van der Waals surface area (Å²) >= 11 is 4.78. The minimum atomic E-state index is -0.535. The van der Waals surface area contributed by atoms with Crippen molar-refractivity contribution in [1.29, 1.82) is 0 Å². The Bertz CT molecular complexity index is 1800. The molecule has 2 heterocycles.